The number of hydrogen-bond acceptors (Lipinski definition) is 2. The first kappa shape index (κ1) is 16.3. The lowest BCUT2D eigenvalue weighted by atomic mass is 9.95. The van der Waals surface area contributed by atoms with Crippen molar-refractivity contribution in [2.75, 3.05) is 0 Å². The summed E-state index contributed by atoms with van der Waals surface area (Å²) in [7, 11) is 0. The Morgan fingerprint density at radius 2 is 1.35 bits per heavy atom. The second-order valence-corrected chi connectivity index (χ2v) is 6.29. The van der Waals surface area contributed by atoms with Gasteiger partial charge in [0.05, 0.1) is 6.04 Å². The molecule has 1 aliphatic heterocycles. The molecule has 0 spiro atoms. The molecule has 3 aromatic carbocycles. The van der Waals surface area contributed by atoms with Gasteiger partial charge in [-0.2, -0.15) is 0 Å². The third-order valence-electron chi connectivity index (χ3n) is 4.50. The Balaban J connectivity index is 1.63. The van der Waals surface area contributed by atoms with E-state index in [0.717, 1.165) is 11.4 Å². The van der Waals surface area contributed by atoms with E-state index in [4.69, 9.17) is 4.99 Å². The van der Waals surface area contributed by atoms with Crippen molar-refractivity contribution < 1.29 is 4.39 Å². The lowest BCUT2D eigenvalue weighted by Crippen LogP contribution is -2.23. The Hall–Kier alpha value is -3.20. The number of rotatable bonds is 4. The van der Waals surface area contributed by atoms with Crippen LogP contribution in [0.2, 0.25) is 0 Å². The lowest BCUT2D eigenvalue weighted by Gasteiger charge is -2.19. The molecule has 0 amide bonds. The smallest absolute Gasteiger partial charge is 0.123 e. The average molecular weight is 342 g/mol. The Morgan fingerprint density at radius 1 is 0.731 bits per heavy atom. The van der Waals surface area contributed by atoms with E-state index in [0.29, 0.717) is 0 Å². The molecule has 3 aromatic rings. The molecule has 1 aliphatic rings. The minimum atomic E-state index is -0.230. The first-order valence-electron chi connectivity index (χ1n) is 8.67. The molecular weight excluding hydrogens is 323 g/mol. The second kappa shape index (κ2) is 7.36. The summed E-state index contributed by atoms with van der Waals surface area (Å²) in [6.07, 6.45) is 3.90. The van der Waals surface area contributed by atoms with Gasteiger partial charge in [0, 0.05) is 0 Å². The van der Waals surface area contributed by atoms with Crippen molar-refractivity contribution in [3.05, 3.63) is 114 Å². The maximum absolute atomic E-state index is 13.0. The van der Waals surface area contributed by atoms with Crippen molar-refractivity contribution >= 4 is 11.9 Å². The number of nitrogens with one attached hydrogen (secondary N) is 1. The Morgan fingerprint density at radius 3 is 2.00 bits per heavy atom. The highest BCUT2D eigenvalue weighted by atomic mass is 19.1. The van der Waals surface area contributed by atoms with Gasteiger partial charge in [-0.15, -0.1) is 0 Å². The fourth-order valence-electron chi connectivity index (χ4n) is 3.18. The average Bonchev–Trinajstić information content (AvgIpc) is 3.13. The molecule has 2 atom stereocenters. The van der Waals surface area contributed by atoms with Gasteiger partial charge in [-0.25, -0.2) is 4.39 Å². The van der Waals surface area contributed by atoms with E-state index in [1.165, 1.54) is 23.3 Å². The Kier molecular flexibility index (Phi) is 4.61. The van der Waals surface area contributed by atoms with Crippen molar-refractivity contribution in [2.24, 2.45) is 4.99 Å². The maximum atomic E-state index is 13.0. The van der Waals surface area contributed by atoms with Crippen LogP contribution in [0.25, 0.3) is 6.08 Å². The van der Waals surface area contributed by atoms with E-state index in [2.05, 4.69) is 29.6 Å². The molecule has 4 rings (SSSR count). The van der Waals surface area contributed by atoms with E-state index in [1.54, 1.807) is 12.1 Å². The summed E-state index contributed by atoms with van der Waals surface area (Å²) in [6.45, 7) is 0. The molecule has 0 fully saturated rings. The Labute approximate surface area is 152 Å². The molecule has 26 heavy (non-hydrogen) atoms. The highest BCUT2D eigenvalue weighted by Crippen LogP contribution is 2.36. The molecule has 1 N–H and O–H groups in total. The van der Waals surface area contributed by atoms with E-state index in [9.17, 15) is 4.39 Å². The van der Waals surface area contributed by atoms with E-state index >= 15 is 0 Å². The number of nitrogens with zero attached hydrogens (tertiary/aromatic N) is 1. The predicted octanol–water partition coefficient (Wildman–Crippen LogP) is 5.32. The summed E-state index contributed by atoms with van der Waals surface area (Å²) in [6, 6.07) is 27.2. The zero-order valence-electron chi connectivity index (χ0n) is 14.2. The monoisotopic (exact) mass is 342 g/mol. The van der Waals surface area contributed by atoms with Gasteiger partial charge in [0.25, 0.3) is 0 Å². The van der Waals surface area contributed by atoms with Crippen molar-refractivity contribution in [2.45, 2.75) is 12.1 Å². The zero-order valence-corrected chi connectivity index (χ0v) is 14.2. The van der Waals surface area contributed by atoms with Gasteiger partial charge in [0.2, 0.25) is 0 Å². The first-order valence-corrected chi connectivity index (χ1v) is 8.67. The number of hydrogen-bond donors (Lipinski definition) is 1. The van der Waals surface area contributed by atoms with Crippen LogP contribution in [-0.2, 0) is 0 Å². The van der Waals surface area contributed by atoms with Crippen molar-refractivity contribution in [3.8, 4) is 0 Å². The van der Waals surface area contributed by atoms with E-state index in [-0.39, 0.29) is 17.9 Å². The minimum absolute atomic E-state index is 0.0199. The lowest BCUT2D eigenvalue weighted by molar-refractivity contribution is 0.572. The summed E-state index contributed by atoms with van der Waals surface area (Å²) in [4.78, 5) is 4.89. The molecule has 0 bridgehead atoms. The Bertz CT molecular complexity index is 915. The maximum Gasteiger partial charge on any atom is 0.123 e. The molecular formula is C23H19FN2. The van der Waals surface area contributed by atoms with Gasteiger partial charge in [-0.3, -0.25) is 4.99 Å². The molecule has 0 aromatic heterocycles. The van der Waals surface area contributed by atoms with Crippen LogP contribution in [0, 0.1) is 5.82 Å². The summed E-state index contributed by atoms with van der Waals surface area (Å²) in [5.41, 5.74) is 3.32. The van der Waals surface area contributed by atoms with Crippen molar-refractivity contribution in [1.29, 1.82) is 0 Å². The molecule has 1 heterocycles. The van der Waals surface area contributed by atoms with Crippen LogP contribution in [0.1, 0.15) is 28.8 Å². The van der Waals surface area contributed by atoms with Crippen molar-refractivity contribution in [3.63, 3.8) is 0 Å². The number of halogens is 1. The summed E-state index contributed by atoms with van der Waals surface area (Å²) < 4.78 is 13.0. The number of benzene rings is 3. The van der Waals surface area contributed by atoms with Crippen LogP contribution in [0.5, 0.6) is 0 Å². The van der Waals surface area contributed by atoms with Crippen LogP contribution in [-0.4, -0.2) is 5.84 Å². The fraction of sp³-hybridized carbons (Fsp3) is 0.0870. The standard InChI is InChI=1S/C23H19FN2/c24-20-14-11-17(12-15-20)13-16-21-25-22(18-7-3-1-4-8-18)23(26-21)19-9-5-2-6-10-19/h1-16,22-23H,(H,25,26)/b16-13+/t22-,23+. The van der Waals surface area contributed by atoms with Crippen LogP contribution < -0.4 is 5.32 Å². The van der Waals surface area contributed by atoms with Crippen LogP contribution in [0.4, 0.5) is 4.39 Å². The van der Waals surface area contributed by atoms with Gasteiger partial charge in [0.1, 0.15) is 17.7 Å². The van der Waals surface area contributed by atoms with Crippen molar-refractivity contribution in [1.82, 2.24) is 5.32 Å². The highest BCUT2D eigenvalue weighted by molar-refractivity contribution is 5.98. The topological polar surface area (TPSA) is 24.4 Å². The van der Waals surface area contributed by atoms with Gasteiger partial charge in [-0.05, 0) is 34.9 Å². The quantitative estimate of drug-likeness (QED) is 0.681. The number of amidine groups is 1. The molecule has 0 saturated carbocycles. The second-order valence-electron chi connectivity index (χ2n) is 6.29. The number of aliphatic imine (C=N–C) groups is 1. The zero-order chi connectivity index (χ0) is 17.8. The molecule has 0 saturated heterocycles. The summed E-state index contributed by atoms with van der Waals surface area (Å²) in [5, 5.41) is 3.53. The largest absolute Gasteiger partial charge is 0.361 e. The molecule has 3 heteroatoms. The minimum Gasteiger partial charge on any atom is -0.361 e. The van der Waals surface area contributed by atoms with Crippen LogP contribution in [0.15, 0.2) is 96.0 Å². The van der Waals surface area contributed by atoms with Gasteiger partial charge < -0.3 is 5.32 Å². The SMILES string of the molecule is Fc1ccc(/C=C/C2=N[C@@H](c3ccccc3)[C@@H](c3ccccc3)N2)cc1. The molecule has 128 valence electrons. The third-order valence-corrected chi connectivity index (χ3v) is 4.50. The molecule has 2 nitrogen and oxygen atoms in total. The van der Waals surface area contributed by atoms with Crippen LogP contribution >= 0.6 is 0 Å². The van der Waals surface area contributed by atoms with E-state index in [1.807, 2.05) is 48.6 Å². The predicted molar refractivity (Wildman–Crippen MR) is 104 cm³/mol. The normalized spacial score (nSPS) is 19.3. The first-order chi connectivity index (χ1) is 12.8. The molecule has 0 radical (unpaired) electrons. The molecule has 0 aliphatic carbocycles. The fourth-order valence-corrected chi connectivity index (χ4v) is 3.18. The van der Waals surface area contributed by atoms with Gasteiger partial charge >= 0.3 is 0 Å². The van der Waals surface area contributed by atoms with Gasteiger partial charge in [0.15, 0.2) is 0 Å². The molecule has 0 unspecified atom stereocenters. The highest BCUT2D eigenvalue weighted by Gasteiger charge is 2.30. The summed E-state index contributed by atoms with van der Waals surface area (Å²) >= 11 is 0. The third kappa shape index (κ3) is 3.57. The van der Waals surface area contributed by atoms with Crippen LogP contribution in [0.3, 0.4) is 0 Å². The van der Waals surface area contributed by atoms with Gasteiger partial charge in [-0.1, -0.05) is 78.9 Å². The van der Waals surface area contributed by atoms with E-state index < -0.39 is 0 Å². The summed E-state index contributed by atoms with van der Waals surface area (Å²) in [5.74, 6) is 0.601.